The lowest BCUT2D eigenvalue weighted by Gasteiger charge is -2.32. The minimum atomic E-state index is -0.00289. The molecule has 1 fully saturated rings. The molecule has 0 aliphatic carbocycles. The first-order chi connectivity index (χ1) is 6.14. The van der Waals surface area contributed by atoms with Crippen LogP contribution in [0.1, 0.15) is 33.6 Å². The van der Waals surface area contributed by atoms with E-state index in [-0.39, 0.29) is 12.1 Å². The second-order valence-electron chi connectivity index (χ2n) is 3.52. The van der Waals surface area contributed by atoms with E-state index in [9.17, 15) is 5.11 Å². The lowest BCUT2D eigenvalue weighted by molar-refractivity contribution is 0.0805. The Bertz CT molecular complexity index is 161. The molecule has 0 amide bonds. The van der Waals surface area contributed by atoms with Gasteiger partial charge in [0.25, 0.3) is 0 Å². The van der Waals surface area contributed by atoms with Crippen molar-refractivity contribution in [2.75, 3.05) is 20.2 Å². The lowest BCUT2D eigenvalue weighted by atomic mass is 9.93. The largest absolute Gasteiger partial charge is 0.394 e. The Kier molecular flexibility index (Phi) is 5.26. The molecule has 0 spiro atoms. The maximum absolute atomic E-state index is 9.22. The molecule has 1 aliphatic heterocycles. The van der Waals surface area contributed by atoms with E-state index in [1.807, 2.05) is 13.8 Å². The molecule has 0 bridgehead atoms. The molecular formula is C11H23NO. The molecule has 1 N–H and O–H groups in total. The summed E-state index contributed by atoms with van der Waals surface area (Å²) in [5.74, 6) is 0. The van der Waals surface area contributed by atoms with Gasteiger partial charge in [-0.2, -0.15) is 0 Å². The fourth-order valence-corrected chi connectivity index (χ4v) is 1.84. The summed E-state index contributed by atoms with van der Waals surface area (Å²) in [5.41, 5.74) is 1.24. The Balaban J connectivity index is 0.000000671. The minimum Gasteiger partial charge on any atom is -0.394 e. The molecule has 0 aromatic carbocycles. The highest BCUT2D eigenvalue weighted by Crippen LogP contribution is 2.32. The van der Waals surface area contributed by atoms with Crippen LogP contribution in [0.3, 0.4) is 0 Å². The van der Waals surface area contributed by atoms with Crippen LogP contribution in [0.15, 0.2) is 12.2 Å². The first kappa shape index (κ1) is 12.7. The molecule has 0 aromatic rings. The van der Waals surface area contributed by atoms with Gasteiger partial charge in [0.05, 0.1) is 6.61 Å². The Morgan fingerprint density at radius 3 is 2.23 bits per heavy atom. The normalized spacial score (nSPS) is 28.5. The molecular weight excluding hydrogens is 162 g/mol. The molecule has 1 unspecified atom stereocenters. The predicted octanol–water partition coefficient (Wildman–Crippen LogP) is 2.05. The molecule has 13 heavy (non-hydrogen) atoms. The van der Waals surface area contributed by atoms with Gasteiger partial charge in [-0.25, -0.2) is 0 Å². The SMILES string of the molecule is C=C1CN(C)C(CC)(CO)C1.CC. The molecule has 0 saturated carbocycles. The summed E-state index contributed by atoms with van der Waals surface area (Å²) in [5, 5.41) is 9.22. The fourth-order valence-electron chi connectivity index (χ4n) is 1.84. The zero-order valence-electron chi connectivity index (χ0n) is 9.43. The summed E-state index contributed by atoms with van der Waals surface area (Å²) >= 11 is 0. The van der Waals surface area contributed by atoms with Crippen molar-refractivity contribution < 1.29 is 5.11 Å². The lowest BCUT2D eigenvalue weighted by Crippen LogP contribution is -2.43. The molecule has 1 atom stereocenters. The monoisotopic (exact) mass is 185 g/mol. The van der Waals surface area contributed by atoms with E-state index in [2.05, 4.69) is 25.5 Å². The van der Waals surface area contributed by atoms with Gasteiger partial charge >= 0.3 is 0 Å². The molecule has 78 valence electrons. The van der Waals surface area contributed by atoms with E-state index < -0.39 is 0 Å². The van der Waals surface area contributed by atoms with E-state index in [0.717, 1.165) is 19.4 Å². The second kappa shape index (κ2) is 5.40. The summed E-state index contributed by atoms with van der Waals surface area (Å²) < 4.78 is 0. The maximum atomic E-state index is 9.22. The van der Waals surface area contributed by atoms with Crippen LogP contribution >= 0.6 is 0 Å². The first-order valence-corrected chi connectivity index (χ1v) is 5.13. The van der Waals surface area contributed by atoms with Crippen LogP contribution in [0.4, 0.5) is 0 Å². The highest BCUT2D eigenvalue weighted by molar-refractivity contribution is 5.14. The van der Waals surface area contributed by atoms with Gasteiger partial charge in [-0.05, 0) is 19.9 Å². The van der Waals surface area contributed by atoms with Crippen molar-refractivity contribution in [1.29, 1.82) is 0 Å². The van der Waals surface area contributed by atoms with Gasteiger partial charge in [0.1, 0.15) is 0 Å². The van der Waals surface area contributed by atoms with Crippen LogP contribution in [-0.2, 0) is 0 Å². The van der Waals surface area contributed by atoms with Crippen molar-refractivity contribution in [2.45, 2.75) is 39.2 Å². The molecule has 1 rings (SSSR count). The second-order valence-corrected chi connectivity index (χ2v) is 3.52. The average molecular weight is 185 g/mol. The van der Waals surface area contributed by atoms with Crippen LogP contribution in [0, 0.1) is 0 Å². The number of aliphatic hydroxyl groups is 1. The van der Waals surface area contributed by atoms with Gasteiger partial charge in [-0.15, -0.1) is 0 Å². The van der Waals surface area contributed by atoms with Crippen molar-refractivity contribution in [3.63, 3.8) is 0 Å². The smallest absolute Gasteiger partial charge is 0.0618 e. The highest BCUT2D eigenvalue weighted by Gasteiger charge is 2.37. The van der Waals surface area contributed by atoms with Gasteiger partial charge in [0.2, 0.25) is 0 Å². The average Bonchev–Trinajstić information content (AvgIpc) is 2.45. The van der Waals surface area contributed by atoms with Gasteiger partial charge in [0, 0.05) is 12.1 Å². The van der Waals surface area contributed by atoms with Crippen molar-refractivity contribution in [3.05, 3.63) is 12.2 Å². The third-order valence-corrected chi connectivity index (χ3v) is 2.80. The standard InChI is InChI=1S/C9H17NO.C2H6/c1-4-9(7-11)5-8(2)6-10(9)3;1-2/h11H,2,4-7H2,1,3H3;1-2H3. The number of hydrogen-bond donors (Lipinski definition) is 1. The third kappa shape index (κ3) is 2.55. The zero-order chi connectivity index (χ0) is 10.5. The van der Waals surface area contributed by atoms with E-state index in [1.165, 1.54) is 5.57 Å². The quantitative estimate of drug-likeness (QED) is 0.666. The summed E-state index contributed by atoms with van der Waals surface area (Å²) in [4.78, 5) is 2.20. The molecule has 2 nitrogen and oxygen atoms in total. The summed E-state index contributed by atoms with van der Waals surface area (Å²) in [6.45, 7) is 11.2. The third-order valence-electron chi connectivity index (χ3n) is 2.80. The number of rotatable bonds is 2. The van der Waals surface area contributed by atoms with Crippen molar-refractivity contribution in [3.8, 4) is 0 Å². The Hall–Kier alpha value is -0.340. The number of nitrogens with zero attached hydrogens (tertiary/aromatic N) is 1. The van der Waals surface area contributed by atoms with Gasteiger partial charge in [-0.1, -0.05) is 32.9 Å². The zero-order valence-corrected chi connectivity index (χ0v) is 9.43. The van der Waals surface area contributed by atoms with Crippen molar-refractivity contribution in [2.24, 2.45) is 0 Å². The Morgan fingerprint density at radius 2 is 2.08 bits per heavy atom. The molecule has 1 saturated heterocycles. The summed E-state index contributed by atoms with van der Waals surface area (Å²) in [7, 11) is 2.05. The van der Waals surface area contributed by atoms with Crippen molar-refractivity contribution in [1.82, 2.24) is 4.90 Å². The number of likely N-dealkylation sites (tertiary alicyclic amines) is 1. The molecule has 2 heteroatoms. The predicted molar refractivity (Wildman–Crippen MR) is 57.8 cm³/mol. The van der Waals surface area contributed by atoms with Crippen LogP contribution in [0.2, 0.25) is 0 Å². The number of aliphatic hydroxyl groups excluding tert-OH is 1. The molecule has 1 heterocycles. The van der Waals surface area contributed by atoms with E-state index in [1.54, 1.807) is 0 Å². The number of likely N-dealkylation sites (N-methyl/N-ethyl adjacent to an activating group) is 1. The van der Waals surface area contributed by atoms with Crippen LogP contribution in [0.25, 0.3) is 0 Å². The number of hydrogen-bond acceptors (Lipinski definition) is 2. The van der Waals surface area contributed by atoms with Gasteiger partial charge in [-0.3, -0.25) is 4.90 Å². The molecule has 0 aromatic heterocycles. The Morgan fingerprint density at radius 1 is 1.54 bits per heavy atom. The van der Waals surface area contributed by atoms with E-state index in [0.29, 0.717) is 0 Å². The molecule has 1 aliphatic rings. The first-order valence-electron chi connectivity index (χ1n) is 5.13. The van der Waals surface area contributed by atoms with Crippen molar-refractivity contribution >= 4 is 0 Å². The van der Waals surface area contributed by atoms with Gasteiger partial charge in [0.15, 0.2) is 0 Å². The van der Waals surface area contributed by atoms with Crippen LogP contribution in [0.5, 0.6) is 0 Å². The summed E-state index contributed by atoms with van der Waals surface area (Å²) in [6.07, 6.45) is 1.95. The van der Waals surface area contributed by atoms with E-state index in [4.69, 9.17) is 0 Å². The highest BCUT2D eigenvalue weighted by atomic mass is 16.3. The van der Waals surface area contributed by atoms with E-state index >= 15 is 0 Å². The minimum absolute atomic E-state index is 0.00289. The molecule has 0 radical (unpaired) electrons. The summed E-state index contributed by atoms with van der Waals surface area (Å²) in [6, 6.07) is 0. The van der Waals surface area contributed by atoms with Crippen LogP contribution in [-0.4, -0.2) is 35.7 Å². The maximum Gasteiger partial charge on any atom is 0.0618 e. The van der Waals surface area contributed by atoms with Gasteiger partial charge < -0.3 is 5.11 Å². The topological polar surface area (TPSA) is 23.5 Å². The van der Waals surface area contributed by atoms with Crippen LogP contribution < -0.4 is 0 Å². The Labute approximate surface area is 82.3 Å². The fraction of sp³-hybridized carbons (Fsp3) is 0.818.